The summed E-state index contributed by atoms with van der Waals surface area (Å²) < 4.78 is 4.94. The number of aliphatic carboxylic acids is 1. The van der Waals surface area contributed by atoms with E-state index in [1.807, 2.05) is 0 Å². The molecule has 3 N–H and O–H groups in total. The van der Waals surface area contributed by atoms with Crippen molar-refractivity contribution >= 4 is 5.97 Å². The minimum atomic E-state index is -1.11. The molecule has 0 saturated carbocycles. The van der Waals surface area contributed by atoms with Crippen molar-refractivity contribution in [3.05, 3.63) is 24.2 Å². The molecule has 0 amide bonds. The summed E-state index contributed by atoms with van der Waals surface area (Å²) in [7, 11) is 0. The number of hydrogen-bond acceptors (Lipinski definition) is 3. The summed E-state index contributed by atoms with van der Waals surface area (Å²) in [6.45, 7) is 0. The third kappa shape index (κ3) is 2.09. The Morgan fingerprint density at radius 1 is 1.82 bits per heavy atom. The van der Waals surface area contributed by atoms with E-state index in [1.165, 1.54) is 6.26 Å². The van der Waals surface area contributed by atoms with Crippen LogP contribution in [0.2, 0.25) is 0 Å². The van der Waals surface area contributed by atoms with Gasteiger partial charge in [-0.3, -0.25) is 0 Å². The van der Waals surface area contributed by atoms with Crippen LogP contribution < -0.4 is 10.8 Å². The predicted molar refractivity (Wildman–Crippen MR) is 34.0 cm³/mol. The van der Waals surface area contributed by atoms with Gasteiger partial charge in [0.15, 0.2) is 5.76 Å². The first-order chi connectivity index (χ1) is 5.20. The van der Waals surface area contributed by atoms with E-state index in [1.54, 1.807) is 12.1 Å². The van der Waals surface area contributed by atoms with E-state index >= 15 is 0 Å². The Kier molecular flexibility index (Phi) is 2.28. The molecule has 0 saturated heterocycles. The highest BCUT2D eigenvalue weighted by atomic mass is 16.4. The Bertz CT molecular complexity index is 230. The summed E-state index contributed by atoms with van der Waals surface area (Å²) in [5, 5.41) is 10.1. The lowest BCUT2D eigenvalue weighted by Gasteiger charge is -2.04. The van der Waals surface area contributed by atoms with Gasteiger partial charge in [-0.15, -0.1) is 0 Å². The van der Waals surface area contributed by atoms with E-state index in [9.17, 15) is 9.90 Å². The van der Waals surface area contributed by atoms with Crippen LogP contribution in [0.1, 0.15) is 18.2 Å². The van der Waals surface area contributed by atoms with Crippen LogP contribution in [0, 0.1) is 0 Å². The van der Waals surface area contributed by atoms with Gasteiger partial charge in [0.2, 0.25) is 0 Å². The van der Waals surface area contributed by atoms with Gasteiger partial charge in [-0.1, -0.05) is 0 Å². The van der Waals surface area contributed by atoms with Gasteiger partial charge in [-0.2, -0.15) is 0 Å². The zero-order chi connectivity index (χ0) is 8.27. The molecule has 0 unspecified atom stereocenters. The lowest BCUT2D eigenvalue weighted by Crippen LogP contribution is -2.55. The molecule has 1 aromatic rings. The second-order valence-corrected chi connectivity index (χ2v) is 2.29. The number of hydrogen-bond donors (Lipinski definition) is 1. The molecule has 0 aromatic carbocycles. The largest absolute Gasteiger partial charge is 0.550 e. The minimum Gasteiger partial charge on any atom is -0.550 e. The molecule has 1 atom stereocenters. The summed E-state index contributed by atoms with van der Waals surface area (Å²) in [5.41, 5.74) is 3.61. The molecule has 0 aliphatic carbocycles. The van der Waals surface area contributed by atoms with E-state index in [4.69, 9.17) is 4.42 Å². The number of carbonyl (C=O) groups is 1. The lowest BCUT2D eigenvalue weighted by molar-refractivity contribution is -0.434. The molecule has 4 heteroatoms. The fourth-order valence-electron chi connectivity index (χ4n) is 0.825. The summed E-state index contributed by atoms with van der Waals surface area (Å²) in [6, 6.07) is 3.04. The highest BCUT2D eigenvalue weighted by molar-refractivity contribution is 5.64. The van der Waals surface area contributed by atoms with Crippen LogP contribution in [0.3, 0.4) is 0 Å². The first-order valence-electron chi connectivity index (χ1n) is 3.26. The molecule has 11 heavy (non-hydrogen) atoms. The Morgan fingerprint density at radius 3 is 3.00 bits per heavy atom. The Morgan fingerprint density at radius 2 is 2.55 bits per heavy atom. The number of rotatable bonds is 3. The maximum absolute atomic E-state index is 10.1. The van der Waals surface area contributed by atoms with E-state index in [0.717, 1.165) is 0 Å². The average Bonchev–Trinajstić information content (AvgIpc) is 2.35. The van der Waals surface area contributed by atoms with E-state index in [0.29, 0.717) is 5.76 Å². The average molecular weight is 155 g/mol. The monoisotopic (exact) mass is 155 g/mol. The van der Waals surface area contributed by atoms with Crippen molar-refractivity contribution in [2.75, 3.05) is 0 Å². The van der Waals surface area contributed by atoms with Crippen molar-refractivity contribution in [2.24, 2.45) is 0 Å². The molecule has 0 aliphatic rings. The van der Waals surface area contributed by atoms with E-state index in [2.05, 4.69) is 5.73 Å². The van der Waals surface area contributed by atoms with E-state index in [-0.39, 0.29) is 12.5 Å². The number of carboxylic acid groups (broad SMARTS) is 1. The van der Waals surface area contributed by atoms with Crippen LogP contribution in [0.15, 0.2) is 22.8 Å². The maximum atomic E-state index is 10.1. The van der Waals surface area contributed by atoms with Crippen molar-refractivity contribution in [3.8, 4) is 0 Å². The van der Waals surface area contributed by atoms with Gasteiger partial charge in [0.1, 0.15) is 6.04 Å². The van der Waals surface area contributed by atoms with Gasteiger partial charge in [0.25, 0.3) is 0 Å². The van der Waals surface area contributed by atoms with Crippen LogP contribution in [-0.4, -0.2) is 5.97 Å². The van der Waals surface area contributed by atoms with E-state index < -0.39 is 5.97 Å². The van der Waals surface area contributed by atoms with Crippen LogP contribution in [0.25, 0.3) is 0 Å². The predicted octanol–water partition coefficient (Wildman–Crippen LogP) is -1.30. The zero-order valence-electron chi connectivity index (χ0n) is 5.95. The van der Waals surface area contributed by atoms with Crippen molar-refractivity contribution in [3.63, 3.8) is 0 Å². The first kappa shape index (κ1) is 7.81. The van der Waals surface area contributed by atoms with Crippen LogP contribution in [0.5, 0.6) is 0 Å². The number of quaternary nitrogens is 1. The molecule has 0 bridgehead atoms. The minimum absolute atomic E-state index is 0.104. The summed E-state index contributed by atoms with van der Waals surface area (Å²) >= 11 is 0. The summed E-state index contributed by atoms with van der Waals surface area (Å²) in [5.74, 6) is -0.532. The molecule has 1 aromatic heterocycles. The van der Waals surface area contributed by atoms with Crippen molar-refractivity contribution in [2.45, 2.75) is 12.5 Å². The number of carboxylic acids is 1. The molecular formula is C7H9NO3. The standard InChI is InChI=1S/C7H9NO3/c8-5(4-7(9)10)6-2-1-3-11-6/h1-3,5H,4,8H2,(H,9,10)/t5-/m1/s1. The van der Waals surface area contributed by atoms with Gasteiger partial charge in [-0.25, -0.2) is 0 Å². The summed E-state index contributed by atoms with van der Waals surface area (Å²) in [6.07, 6.45) is 1.39. The first-order valence-corrected chi connectivity index (χ1v) is 3.26. The summed E-state index contributed by atoms with van der Waals surface area (Å²) in [4.78, 5) is 10.1. The van der Waals surface area contributed by atoms with Gasteiger partial charge in [-0.05, 0) is 12.1 Å². The highest BCUT2D eigenvalue weighted by Crippen LogP contribution is 2.10. The molecule has 60 valence electrons. The normalized spacial score (nSPS) is 12.8. The van der Waals surface area contributed by atoms with Gasteiger partial charge in [0.05, 0.1) is 6.26 Å². The SMILES string of the molecule is [NH3+][C@H](CC(=O)[O-])c1ccco1. The molecule has 0 radical (unpaired) electrons. The maximum Gasteiger partial charge on any atom is 0.161 e. The van der Waals surface area contributed by atoms with Gasteiger partial charge < -0.3 is 20.1 Å². The molecule has 0 fully saturated rings. The highest BCUT2D eigenvalue weighted by Gasteiger charge is 2.11. The van der Waals surface area contributed by atoms with Gasteiger partial charge in [0, 0.05) is 12.4 Å². The quantitative estimate of drug-likeness (QED) is 0.589. The van der Waals surface area contributed by atoms with Crippen LogP contribution in [-0.2, 0) is 4.79 Å². The topological polar surface area (TPSA) is 80.9 Å². The molecule has 0 aliphatic heterocycles. The third-order valence-corrected chi connectivity index (χ3v) is 1.36. The number of furan rings is 1. The Hall–Kier alpha value is -1.29. The molecule has 0 spiro atoms. The fraction of sp³-hybridized carbons (Fsp3) is 0.286. The van der Waals surface area contributed by atoms with Crippen molar-refractivity contribution < 1.29 is 20.1 Å². The molecule has 4 nitrogen and oxygen atoms in total. The van der Waals surface area contributed by atoms with Gasteiger partial charge >= 0.3 is 0 Å². The fourth-order valence-corrected chi connectivity index (χ4v) is 0.825. The zero-order valence-corrected chi connectivity index (χ0v) is 5.95. The molecular weight excluding hydrogens is 146 g/mol. The molecule has 1 heterocycles. The smallest absolute Gasteiger partial charge is 0.161 e. The Balaban J connectivity index is 2.56. The lowest BCUT2D eigenvalue weighted by atomic mass is 10.2. The van der Waals surface area contributed by atoms with Crippen LogP contribution >= 0.6 is 0 Å². The molecule has 1 rings (SSSR count). The Labute approximate surface area is 63.6 Å². The number of carbonyl (C=O) groups excluding carboxylic acids is 1. The second-order valence-electron chi connectivity index (χ2n) is 2.29. The third-order valence-electron chi connectivity index (χ3n) is 1.36. The van der Waals surface area contributed by atoms with Crippen LogP contribution in [0.4, 0.5) is 0 Å². The second kappa shape index (κ2) is 3.21. The van der Waals surface area contributed by atoms with Crippen molar-refractivity contribution in [1.29, 1.82) is 0 Å². The van der Waals surface area contributed by atoms with Crippen molar-refractivity contribution in [1.82, 2.24) is 0 Å².